The number of hydrogen-bond acceptors (Lipinski definition) is 3. The molecule has 0 aliphatic heterocycles. The van der Waals surface area contributed by atoms with Crippen LogP contribution in [-0.2, 0) is 4.74 Å². The molecule has 6 heteroatoms. The van der Waals surface area contributed by atoms with Gasteiger partial charge in [0.2, 0.25) is 0 Å². The Morgan fingerprint density at radius 2 is 1.94 bits per heavy atom. The maximum absolute atomic E-state index is 13.2. The number of nitrogens with two attached hydrogens (primary N) is 1. The van der Waals surface area contributed by atoms with Crippen molar-refractivity contribution in [2.75, 3.05) is 5.32 Å². The van der Waals surface area contributed by atoms with Gasteiger partial charge in [-0.3, -0.25) is 10.1 Å². The standard InChI is InChI=1S/C12H15FN2O3/c1-12(2,3)18-11(17)15-7-4-5-9(13)8(6-7)10(14)16/h4-6H,1-3H3,(H2,14,16)(H,15,17). The second kappa shape index (κ2) is 5.03. The van der Waals surface area contributed by atoms with Crippen LogP contribution in [0, 0.1) is 5.82 Å². The molecule has 0 spiro atoms. The third kappa shape index (κ3) is 4.04. The second-order valence-corrected chi connectivity index (χ2v) is 4.69. The maximum Gasteiger partial charge on any atom is 0.412 e. The van der Waals surface area contributed by atoms with Gasteiger partial charge in [0.25, 0.3) is 5.91 Å². The first kappa shape index (κ1) is 14.0. The van der Waals surface area contributed by atoms with Crippen molar-refractivity contribution >= 4 is 17.7 Å². The van der Waals surface area contributed by atoms with Crippen molar-refractivity contribution in [2.45, 2.75) is 26.4 Å². The molecular weight excluding hydrogens is 239 g/mol. The Bertz CT molecular complexity index is 481. The van der Waals surface area contributed by atoms with Crippen molar-refractivity contribution < 1.29 is 18.7 Å². The largest absolute Gasteiger partial charge is 0.444 e. The molecule has 0 aliphatic rings. The number of benzene rings is 1. The van der Waals surface area contributed by atoms with Crippen LogP contribution in [0.25, 0.3) is 0 Å². The fourth-order valence-electron chi connectivity index (χ4n) is 1.21. The van der Waals surface area contributed by atoms with Crippen molar-refractivity contribution in [1.82, 2.24) is 0 Å². The highest BCUT2D eigenvalue weighted by atomic mass is 19.1. The van der Waals surface area contributed by atoms with Gasteiger partial charge in [-0.15, -0.1) is 0 Å². The maximum atomic E-state index is 13.2. The lowest BCUT2D eigenvalue weighted by Crippen LogP contribution is -2.27. The first-order valence-electron chi connectivity index (χ1n) is 5.28. The molecule has 0 atom stereocenters. The molecule has 3 N–H and O–H groups in total. The molecule has 5 nitrogen and oxygen atoms in total. The van der Waals surface area contributed by atoms with Crippen molar-refractivity contribution in [3.05, 3.63) is 29.6 Å². The number of rotatable bonds is 2. The van der Waals surface area contributed by atoms with Crippen LogP contribution >= 0.6 is 0 Å². The fraction of sp³-hybridized carbons (Fsp3) is 0.333. The van der Waals surface area contributed by atoms with E-state index in [2.05, 4.69) is 5.32 Å². The van der Waals surface area contributed by atoms with Crippen LogP contribution in [-0.4, -0.2) is 17.6 Å². The fourth-order valence-corrected chi connectivity index (χ4v) is 1.21. The molecule has 1 aromatic rings. The zero-order chi connectivity index (χ0) is 13.9. The molecule has 0 saturated carbocycles. The topological polar surface area (TPSA) is 81.4 Å². The first-order chi connectivity index (χ1) is 8.19. The summed E-state index contributed by atoms with van der Waals surface area (Å²) in [7, 11) is 0. The monoisotopic (exact) mass is 254 g/mol. The number of anilines is 1. The molecule has 18 heavy (non-hydrogen) atoms. The molecule has 0 radical (unpaired) electrons. The van der Waals surface area contributed by atoms with Crippen LogP contribution in [0.15, 0.2) is 18.2 Å². The van der Waals surface area contributed by atoms with Crippen LogP contribution in [0.2, 0.25) is 0 Å². The molecule has 0 aromatic heterocycles. The van der Waals surface area contributed by atoms with Gasteiger partial charge in [-0.1, -0.05) is 0 Å². The minimum atomic E-state index is -0.902. The van der Waals surface area contributed by atoms with Crippen molar-refractivity contribution in [1.29, 1.82) is 0 Å². The summed E-state index contributed by atoms with van der Waals surface area (Å²) in [6.07, 6.45) is -0.690. The number of carbonyl (C=O) groups is 2. The van der Waals surface area contributed by atoms with E-state index in [1.807, 2.05) is 0 Å². The molecule has 1 aromatic carbocycles. The van der Waals surface area contributed by atoms with Gasteiger partial charge in [0.1, 0.15) is 11.4 Å². The molecular formula is C12H15FN2O3. The number of nitrogens with one attached hydrogen (secondary N) is 1. The lowest BCUT2D eigenvalue weighted by molar-refractivity contribution is 0.0635. The predicted molar refractivity (Wildman–Crippen MR) is 64.8 cm³/mol. The predicted octanol–water partition coefficient (Wildman–Crippen LogP) is 2.27. The number of carbonyl (C=O) groups excluding carboxylic acids is 2. The van der Waals surface area contributed by atoms with Crippen molar-refractivity contribution in [2.24, 2.45) is 5.73 Å². The number of hydrogen-bond donors (Lipinski definition) is 2. The van der Waals surface area contributed by atoms with Crippen LogP contribution in [0.3, 0.4) is 0 Å². The third-order valence-corrected chi connectivity index (χ3v) is 1.88. The molecule has 0 unspecified atom stereocenters. The SMILES string of the molecule is CC(C)(C)OC(=O)Nc1ccc(F)c(C(N)=O)c1. The van der Waals surface area contributed by atoms with E-state index in [-0.39, 0.29) is 11.3 Å². The van der Waals surface area contributed by atoms with Crippen LogP contribution in [0.4, 0.5) is 14.9 Å². The van der Waals surface area contributed by atoms with Crippen LogP contribution in [0.1, 0.15) is 31.1 Å². The minimum absolute atomic E-state index is 0.236. The van der Waals surface area contributed by atoms with E-state index in [4.69, 9.17) is 10.5 Å². The molecule has 1 rings (SSSR count). The third-order valence-electron chi connectivity index (χ3n) is 1.88. The van der Waals surface area contributed by atoms with E-state index in [1.165, 1.54) is 6.07 Å². The second-order valence-electron chi connectivity index (χ2n) is 4.69. The Balaban J connectivity index is 2.83. The molecule has 0 aliphatic carbocycles. The molecule has 0 bridgehead atoms. The van der Waals surface area contributed by atoms with Gasteiger partial charge in [-0.2, -0.15) is 0 Å². The van der Waals surface area contributed by atoms with E-state index >= 15 is 0 Å². The lowest BCUT2D eigenvalue weighted by atomic mass is 10.2. The summed E-state index contributed by atoms with van der Waals surface area (Å²) in [6, 6.07) is 3.51. The van der Waals surface area contributed by atoms with Gasteiger partial charge >= 0.3 is 6.09 Å². The molecule has 0 saturated heterocycles. The van der Waals surface area contributed by atoms with E-state index < -0.39 is 23.4 Å². The quantitative estimate of drug-likeness (QED) is 0.849. The van der Waals surface area contributed by atoms with E-state index in [9.17, 15) is 14.0 Å². The van der Waals surface area contributed by atoms with Gasteiger partial charge in [-0.25, -0.2) is 9.18 Å². The average Bonchev–Trinajstić information content (AvgIpc) is 2.17. The number of amides is 2. The first-order valence-corrected chi connectivity index (χ1v) is 5.28. The summed E-state index contributed by atoms with van der Waals surface area (Å²) < 4.78 is 18.2. The van der Waals surface area contributed by atoms with Gasteiger partial charge in [0, 0.05) is 5.69 Å². The number of halogens is 1. The summed E-state index contributed by atoms with van der Waals surface area (Å²) in [6.45, 7) is 5.14. The Morgan fingerprint density at radius 1 is 1.33 bits per heavy atom. The molecule has 0 heterocycles. The number of primary amides is 1. The summed E-state index contributed by atoms with van der Waals surface area (Å²) in [5.41, 5.74) is 4.30. The summed E-state index contributed by atoms with van der Waals surface area (Å²) in [5.74, 6) is -1.64. The van der Waals surface area contributed by atoms with E-state index in [0.29, 0.717) is 0 Å². The summed E-state index contributed by atoms with van der Waals surface area (Å²) in [5, 5.41) is 2.39. The molecule has 2 amide bonds. The highest BCUT2D eigenvalue weighted by Crippen LogP contribution is 2.16. The zero-order valence-corrected chi connectivity index (χ0v) is 10.4. The van der Waals surface area contributed by atoms with E-state index in [1.54, 1.807) is 20.8 Å². The zero-order valence-electron chi connectivity index (χ0n) is 10.4. The Morgan fingerprint density at radius 3 is 2.44 bits per heavy atom. The Labute approximate surface area is 104 Å². The molecule has 0 fully saturated rings. The van der Waals surface area contributed by atoms with Gasteiger partial charge in [-0.05, 0) is 39.0 Å². The van der Waals surface area contributed by atoms with Crippen molar-refractivity contribution in [3.63, 3.8) is 0 Å². The Hall–Kier alpha value is -2.11. The van der Waals surface area contributed by atoms with Gasteiger partial charge in [0.15, 0.2) is 0 Å². The summed E-state index contributed by atoms with van der Waals surface area (Å²) >= 11 is 0. The molecule has 98 valence electrons. The minimum Gasteiger partial charge on any atom is -0.444 e. The smallest absolute Gasteiger partial charge is 0.412 e. The highest BCUT2D eigenvalue weighted by molar-refractivity contribution is 5.95. The van der Waals surface area contributed by atoms with Gasteiger partial charge in [0.05, 0.1) is 5.56 Å². The average molecular weight is 254 g/mol. The Kier molecular flexibility index (Phi) is 3.90. The normalized spacial score (nSPS) is 10.9. The van der Waals surface area contributed by atoms with Crippen LogP contribution < -0.4 is 11.1 Å². The summed E-state index contributed by atoms with van der Waals surface area (Å²) in [4.78, 5) is 22.4. The van der Waals surface area contributed by atoms with Crippen molar-refractivity contribution in [3.8, 4) is 0 Å². The highest BCUT2D eigenvalue weighted by Gasteiger charge is 2.17. The van der Waals surface area contributed by atoms with E-state index in [0.717, 1.165) is 12.1 Å². The van der Waals surface area contributed by atoms with Crippen LogP contribution in [0.5, 0.6) is 0 Å². The van der Waals surface area contributed by atoms with Gasteiger partial charge < -0.3 is 10.5 Å². The lowest BCUT2D eigenvalue weighted by Gasteiger charge is -2.19. The number of ether oxygens (including phenoxy) is 1.